The first-order valence-corrected chi connectivity index (χ1v) is 8.71. The molecule has 0 bridgehead atoms. The molecule has 0 aliphatic carbocycles. The first kappa shape index (κ1) is 17.1. The maximum Gasteiger partial charge on any atom is 0.252 e. The van der Waals surface area contributed by atoms with E-state index < -0.39 is 0 Å². The fourth-order valence-electron chi connectivity index (χ4n) is 3.11. The molecule has 0 saturated carbocycles. The van der Waals surface area contributed by atoms with Gasteiger partial charge in [0.05, 0.1) is 22.5 Å². The zero-order valence-corrected chi connectivity index (χ0v) is 15.3. The van der Waals surface area contributed by atoms with Gasteiger partial charge in [0, 0.05) is 30.2 Å². The molecule has 0 radical (unpaired) electrons. The van der Waals surface area contributed by atoms with Crippen LogP contribution in [0.2, 0.25) is 0 Å². The molecule has 25 heavy (non-hydrogen) atoms. The number of pyridine rings is 1. The highest BCUT2D eigenvalue weighted by atomic mass is 16.1. The number of benzene rings is 1. The van der Waals surface area contributed by atoms with Gasteiger partial charge in [-0.1, -0.05) is 31.5 Å². The Kier molecular flexibility index (Phi) is 4.83. The molecule has 5 nitrogen and oxygen atoms in total. The Labute approximate surface area is 148 Å². The second-order valence-corrected chi connectivity index (χ2v) is 6.35. The monoisotopic (exact) mass is 336 g/mol. The third-order valence-electron chi connectivity index (χ3n) is 4.54. The average molecular weight is 336 g/mol. The van der Waals surface area contributed by atoms with Crippen LogP contribution in [0.4, 0.5) is 0 Å². The summed E-state index contributed by atoms with van der Waals surface area (Å²) in [6.45, 7) is 6.79. The number of amides is 1. The van der Waals surface area contributed by atoms with Crippen molar-refractivity contribution in [3.05, 3.63) is 47.3 Å². The second kappa shape index (κ2) is 7.05. The molecule has 3 aromatic rings. The number of carbonyl (C=O) groups is 1. The molecule has 0 spiro atoms. The Morgan fingerprint density at radius 3 is 2.68 bits per heavy atom. The molecule has 0 saturated heterocycles. The number of hydrogen-bond acceptors (Lipinski definition) is 3. The minimum absolute atomic E-state index is 0.0486. The lowest BCUT2D eigenvalue weighted by Gasteiger charge is -2.11. The van der Waals surface area contributed by atoms with Gasteiger partial charge < -0.3 is 5.32 Å². The first-order valence-electron chi connectivity index (χ1n) is 8.71. The molecule has 0 aliphatic rings. The molecule has 1 aromatic carbocycles. The molecule has 130 valence electrons. The molecule has 1 amide bonds. The summed E-state index contributed by atoms with van der Waals surface area (Å²) >= 11 is 0. The molecular formula is C20H24N4O. The molecule has 1 N–H and O–H groups in total. The van der Waals surface area contributed by atoms with Crippen molar-refractivity contribution >= 4 is 16.8 Å². The van der Waals surface area contributed by atoms with Crippen molar-refractivity contribution in [1.29, 1.82) is 0 Å². The largest absolute Gasteiger partial charge is 0.352 e. The third kappa shape index (κ3) is 3.27. The summed E-state index contributed by atoms with van der Waals surface area (Å²) in [4.78, 5) is 17.5. The van der Waals surface area contributed by atoms with Crippen LogP contribution in [0.1, 0.15) is 41.5 Å². The van der Waals surface area contributed by atoms with Crippen molar-refractivity contribution in [2.45, 2.75) is 33.6 Å². The predicted molar refractivity (Wildman–Crippen MR) is 101 cm³/mol. The molecule has 2 aromatic heterocycles. The average Bonchev–Trinajstić information content (AvgIpc) is 2.86. The Hall–Kier alpha value is -2.69. The Balaban J connectivity index is 2.14. The normalized spacial score (nSPS) is 11.0. The number of fused-ring (bicyclic) bond motifs is 1. The summed E-state index contributed by atoms with van der Waals surface area (Å²) in [5, 5.41) is 8.37. The van der Waals surface area contributed by atoms with Gasteiger partial charge in [-0.25, -0.2) is 4.98 Å². The number of nitrogens with zero attached hydrogens (tertiary/aromatic N) is 3. The van der Waals surface area contributed by atoms with E-state index in [0.717, 1.165) is 46.4 Å². The van der Waals surface area contributed by atoms with Gasteiger partial charge in [-0.15, -0.1) is 0 Å². The highest BCUT2D eigenvalue weighted by Gasteiger charge is 2.18. The number of rotatable bonds is 5. The lowest BCUT2D eigenvalue weighted by atomic mass is 10.0. The molecule has 2 heterocycles. The van der Waals surface area contributed by atoms with E-state index >= 15 is 0 Å². The predicted octanol–water partition coefficient (Wildman–Crippen LogP) is 3.78. The number of para-hydroxylation sites is 1. The number of carbonyl (C=O) groups excluding carboxylic acids is 1. The SMILES string of the molecule is CCCCNC(=O)c1cc(-c2c(C)nn(C)c2C)nc2ccccc12. The van der Waals surface area contributed by atoms with Crippen molar-refractivity contribution in [3.63, 3.8) is 0 Å². The number of aryl methyl sites for hydroxylation is 2. The molecule has 0 unspecified atom stereocenters. The summed E-state index contributed by atoms with van der Waals surface area (Å²) in [6.07, 6.45) is 2.03. The maximum absolute atomic E-state index is 12.7. The van der Waals surface area contributed by atoms with Crippen LogP contribution in [0.3, 0.4) is 0 Å². The second-order valence-electron chi connectivity index (χ2n) is 6.35. The zero-order valence-electron chi connectivity index (χ0n) is 15.3. The van der Waals surface area contributed by atoms with Gasteiger partial charge >= 0.3 is 0 Å². The van der Waals surface area contributed by atoms with Gasteiger partial charge in [-0.3, -0.25) is 9.48 Å². The van der Waals surface area contributed by atoms with Gasteiger partial charge in [0.15, 0.2) is 0 Å². The first-order chi connectivity index (χ1) is 12.0. The van der Waals surface area contributed by atoms with Gasteiger partial charge in [-0.05, 0) is 32.4 Å². The van der Waals surface area contributed by atoms with E-state index in [9.17, 15) is 4.79 Å². The summed E-state index contributed by atoms with van der Waals surface area (Å²) in [5.74, 6) is -0.0486. The van der Waals surface area contributed by atoms with Crippen LogP contribution in [0, 0.1) is 13.8 Å². The van der Waals surface area contributed by atoms with E-state index in [-0.39, 0.29) is 5.91 Å². The Morgan fingerprint density at radius 1 is 1.24 bits per heavy atom. The van der Waals surface area contributed by atoms with Crippen LogP contribution in [0.15, 0.2) is 30.3 Å². The van der Waals surface area contributed by atoms with Gasteiger partial charge in [0.1, 0.15) is 0 Å². The topological polar surface area (TPSA) is 59.8 Å². The standard InChI is InChI=1S/C20H24N4O/c1-5-6-11-21-20(25)16-12-18(19-13(2)23-24(4)14(19)3)22-17-10-8-7-9-15(16)17/h7-10,12H,5-6,11H2,1-4H3,(H,21,25). The minimum atomic E-state index is -0.0486. The molecule has 3 rings (SSSR count). The molecular weight excluding hydrogens is 312 g/mol. The summed E-state index contributed by atoms with van der Waals surface area (Å²) in [5.41, 5.74) is 5.23. The number of nitrogens with one attached hydrogen (secondary N) is 1. The highest BCUT2D eigenvalue weighted by molar-refractivity contribution is 6.07. The van der Waals surface area contributed by atoms with E-state index in [1.165, 1.54) is 0 Å². The zero-order chi connectivity index (χ0) is 18.0. The van der Waals surface area contributed by atoms with Gasteiger partial charge in [0.2, 0.25) is 0 Å². The third-order valence-corrected chi connectivity index (χ3v) is 4.54. The molecule has 0 fully saturated rings. The smallest absolute Gasteiger partial charge is 0.252 e. The van der Waals surface area contributed by atoms with Crippen LogP contribution >= 0.6 is 0 Å². The summed E-state index contributed by atoms with van der Waals surface area (Å²) < 4.78 is 1.85. The van der Waals surface area contributed by atoms with E-state index in [1.807, 2.05) is 55.9 Å². The van der Waals surface area contributed by atoms with Crippen molar-refractivity contribution in [2.75, 3.05) is 6.54 Å². The summed E-state index contributed by atoms with van der Waals surface area (Å²) in [6, 6.07) is 9.67. The number of aromatic nitrogens is 3. The van der Waals surface area contributed by atoms with E-state index in [1.54, 1.807) is 0 Å². The van der Waals surface area contributed by atoms with E-state index in [4.69, 9.17) is 4.98 Å². The Morgan fingerprint density at radius 2 is 2.00 bits per heavy atom. The molecule has 5 heteroatoms. The van der Waals surface area contributed by atoms with Gasteiger partial charge in [-0.2, -0.15) is 5.10 Å². The Bertz CT molecular complexity index is 927. The van der Waals surface area contributed by atoms with E-state index in [2.05, 4.69) is 17.3 Å². The van der Waals surface area contributed by atoms with Crippen LogP contribution in [0.25, 0.3) is 22.2 Å². The lowest BCUT2D eigenvalue weighted by molar-refractivity contribution is 0.0955. The fraction of sp³-hybridized carbons (Fsp3) is 0.350. The van der Waals surface area contributed by atoms with E-state index in [0.29, 0.717) is 12.1 Å². The fourth-order valence-corrected chi connectivity index (χ4v) is 3.11. The lowest BCUT2D eigenvalue weighted by Crippen LogP contribution is -2.24. The summed E-state index contributed by atoms with van der Waals surface area (Å²) in [7, 11) is 1.92. The van der Waals surface area contributed by atoms with Gasteiger partial charge in [0.25, 0.3) is 5.91 Å². The molecule has 0 aliphatic heterocycles. The number of unbranched alkanes of at least 4 members (excludes halogenated alkanes) is 1. The number of hydrogen-bond donors (Lipinski definition) is 1. The van der Waals surface area contributed by atoms with Crippen molar-refractivity contribution < 1.29 is 4.79 Å². The van der Waals surface area contributed by atoms with Crippen molar-refractivity contribution in [1.82, 2.24) is 20.1 Å². The van der Waals surface area contributed by atoms with Crippen LogP contribution in [-0.2, 0) is 7.05 Å². The van der Waals surface area contributed by atoms with Crippen LogP contribution in [0.5, 0.6) is 0 Å². The highest BCUT2D eigenvalue weighted by Crippen LogP contribution is 2.29. The van der Waals surface area contributed by atoms with Crippen LogP contribution in [-0.4, -0.2) is 27.2 Å². The molecule has 0 atom stereocenters. The maximum atomic E-state index is 12.7. The van der Waals surface area contributed by atoms with Crippen molar-refractivity contribution in [2.24, 2.45) is 7.05 Å². The van der Waals surface area contributed by atoms with Crippen molar-refractivity contribution in [3.8, 4) is 11.3 Å². The quantitative estimate of drug-likeness (QED) is 0.721. The van der Waals surface area contributed by atoms with Crippen LogP contribution < -0.4 is 5.32 Å². The minimum Gasteiger partial charge on any atom is -0.352 e.